The molecule has 12 heteroatoms. The van der Waals surface area contributed by atoms with Crippen LogP contribution in [0.5, 0.6) is 11.5 Å². The summed E-state index contributed by atoms with van der Waals surface area (Å²) in [6, 6.07) is 18.2. The maximum atomic E-state index is 13.3. The number of carbonyl (C=O) groups is 2. The van der Waals surface area contributed by atoms with Crippen molar-refractivity contribution in [3.63, 3.8) is 0 Å². The minimum Gasteiger partial charge on any atom is -0.455 e. The van der Waals surface area contributed by atoms with Gasteiger partial charge in [-0.3, -0.25) is 9.59 Å². The van der Waals surface area contributed by atoms with Crippen LogP contribution < -0.4 is 15.4 Å². The van der Waals surface area contributed by atoms with Crippen molar-refractivity contribution in [3.05, 3.63) is 77.3 Å². The minimum absolute atomic E-state index is 0.0197. The molecule has 1 aromatic heterocycles. The summed E-state index contributed by atoms with van der Waals surface area (Å²) < 4.78 is 37.9. The number of hydrogen-bond donors (Lipinski definition) is 2. The van der Waals surface area contributed by atoms with Crippen LogP contribution in [0.25, 0.3) is 10.2 Å². The Labute approximate surface area is 249 Å². The number of thiazole rings is 1. The lowest BCUT2D eigenvalue weighted by Crippen LogP contribution is -2.50. The van der Waals surface area contributed by atoms with Gasteiger partial charge in [-0.1, -0.05) is 30.0 Å². The molecule has 0 aliphatic carbocycles. The van der Waals surface area contributed by atoms with Gasteiger partial charge in [0.15, 0.2) is 0 Å². The van der Waals surface area contributed by atoms with Gasteiger partial charge >= 0.3 is 6.61 Å². The summed E-state index contributed by atoms with van der Waals surface area (Å²) in [6.45, 7) is -0.736. The normalized spacial score (nSPS) is 18.4. The molecule has 2 amide bonds. The zero-order chi connectivity index (χ0) is 29.2. The SMILES string of the molecule is CC(NCc1ccc2ncsc2c1)[C@@H]1C[C@@H](OC(F)F)CN1C(=O)CNC(=O)c1ccc2c(c1)Oc1ccccc1S2. The topological polar surface area (TPSA) is 92.8 Å². The van der Waals surface area contributed by atoms with E-state index in [1.54, 1.807) is 40.7 Å². The third kappa shape index (κ3) is 6.26. The lowest BCUT2D eigenvalue weighted by atomic mass is 10.1. The van der Waals surface area contributed by atoms with E-state index in [0.717, 1.165) is 31.3 Å². The van der Waals surface area contributed by atoms with Crippen LogP contribution in [0.1, 0.15) is 29.3 Å². The van der Waals surface area contributed by atoms with Gasteiger partial charge in [0.05, 0.1) is 38.2 Å². The molecule has 4 aromatic rings. The lowest BCUT2D eigenvalue weighted by Gasteiger charge is -2.30. The Bertz CT molecular complexity index is 1620. The molecule has 6 rings (SSSR count). The van der Waals surface area contributed by atoms with Crippen molar-refractivity contribution in [2.24, 2.45) is 0 Å². The molecule has 2 N–H and O–H groups in total. The van der Waals surface area contributed by atoms with Crippen LogP contribution in [0.4, 0.5) is 8.78 Å². The molecule has 1 saturated heterocycles. The predicted molar refractivity (Wildman–Crippen MR) is 156 cm³/mol. The van der Waals surface area contributed by atoms with E-state index < -0.39 is 18.6 Å². The molecule has 3 heterocycles. The number of ether oxygens (including phenoxy) is 2. The molecule has 8 nitrogen and oxygen atoms in total. The molecule has 0 spiro atoms. The third-order valence-corrected chi connectivity index (χ3v) is 9.32. The van der Waals surface area contributed by atoms with E-state index in [2.05, 4.69) is 21.7 Å². The van der Waals surface area contributed by atoms with Gasteiger partial charge in [0.25, 0.3) is 5.91 Å². The highest BCUT2D eigenvalue weighted by molar-refractivity contribution is 7.99. The van der Waals surface area contributed by atoms with E-state index in [1.165, 1.54) is 4.90 Å². The van der Waals surface area contributed by atoms with Crippen LogP contribution in [-0.2, 0) is 16.1 Å². The van der Waals surface area contributed by atoms with Crippen molar-refractivity contribution >= 4 is 45.1 Å². The molecule has 42 heavy (non-hydrogen) atoms. The molecule has 2 aliphatic rings. The minimum atomic E-state index is -2.93. The highest BCUT2D eigenvalue weighted by Gasteiger charge is 2.39. The number of halogens is 2. The van der Waals surface area contributed by atoms with Crippen molar-refractivity contribution in [1.82, 2.24) is 20.5 Å². The second kappa shape index (κ2) is 12.3. The Balaban J connectivity index is 1.08. The van der Waals surface area contributed by atoms with Crippen LogP contribution >= 0.6 is 23.1 Å². The summed E-state index contributed by atoms with van der Waals surface area (Å²) >= 11 is 3.12. The van der Waals surface area contributed by atoms with Gasteiger partial charge in [-0.2, -0.15) is 8.78 Å². The number of carbonyl (C=O) groups excluding carboxylic acids is 2. The van der Waals surface area contributed by atoms with Gasteiger partial charge in [-0.15, -0.1) is 11.3 Å². The molecule has 0 radical (unpaired) electrons. The summed E-state index contributed by atoms with van der Waals surface area (Å²) in [7, 11) is 0. The smallest absolute Gasteiger partial charge is 0.345 e. The second-order valence-electron chi connectivity index (χ2n) is 10.2. The first kappa shape index (κ1) is 28.5. The summed E-state index contributed by atoms with van der Waals surface area (Å²) in [5.74, 6) is 0.486. The van der Waals surface area contributed by atoms with Crippen LogP contribution in [-0.4, -0.2) is 59.6 Å². The standard InChI is InChI=1S/C30H28F2N4O4S2/c1-17(33-13-18-6-8-21-27(10-18)41-16-35-21)22-12-20(39-30(31)32)15-36(22)28(37)14-34-29(38)19-7-9-26-24(11-19)40-23-4-2-3-5-25(23)42-26/h2-11,16-17,20,22,30,33H,12-15H2,1H3,(H,34,38)/t17?,20-,22+/m1/s1. The molecule has 218 valence electrons. The average molecular weight is 611 g/mol. The zero-order valence-corrected chi connectivity index (χ0v) is 24.2. The highest BCUT2D eigenvalue weighted by Crippen LogP contribution is 2.46. The van der Waals surface area contributed by atoms with E-state index in [9.17, 15) is 18.4 Å². The van der Waals surface area contributed by atoms with E-state index in [1.807, 2.05) is 49.4 Å². The van der Waals surface area contributed by atoms with Crippen molar-refractivity contribution in [1.29, 1.82) is 0 Å². The molecule has 0 saturated carbocycles. The van der Waals surface area contributed by atoms with E-state index in [-0.39, 0.29) is 37.5 Å². The lowest BCUT2D eigenvalue weighted by molar-refractivity contribution is -0.160. The van der Waals surface area contributed by atoms with Gasteiger partial charge in [-0.05, 0) is 61.4 Å². The Morgan fingerprint density at radius 1 is 1.12 bits per heavy atom. The number of fused-ring (bicyclic) bond motifs is 3. The van der Waals surface area contributed by atoms with Crippen molar-refractivity contribution in [3.8, 4) is 11.5 Å². The number of aromatic nitrogens is 1. The first-order valence-electron chi connectivity index (χ1n) is 13.5. The number of likely N-dealkylation sites (tertiary alicyclic amines) is 1. The zero-order valence-electron chi connectivity index (χ0n) is 22.6. The molecule has 3 aromatic carbocycles. The molecule has 2 aliphatic heterocycles. The van der Waals surface area contributed by atoms with E-state index >= 15 is 0 Å². The Morgan fingerprint density at radius 3 is 2.81 bits per heavy atom. The molecule has 1 unspecified atom stereocenters. The Hall–Kier alpha value is -3.58. The van der Waals surface area contributed by atoms with E-state index in [0.29, 0.717) is 17.9 Å². The van der Waals surface area contributed by atoms with Crippen molar-refractivity contribution in [2.45, 2.75) is 54.5 Å². The van der Waals surface area contributed by atoms with Crippen molar-refractivity contribution < 1.29 is 27.8 Å². The fraction of sp³-hybridized carbons (Fsp3) is 0.300. The summed E-state index contributed by atoms with van der Waals surface area (Å²) in [5, 5.41) is 6.11. The summed E-state index contributed by atoms with van der Waals surface area (Å²) in [4.78, 5) is 34.0. The first-order valence-corrected chi connectivity index (χ1v) is 15.2. The van der Waals surface area contributed by atoms with Crippen LogP contribution in [0.3, 0.4) is 0 Å². The fourth-order valence-corrected chi connectivity index (χ4v) is 6.96. The quantitative estimate of drug-likeness (QED) is 0.222. The largest absolute Gasteiger partial charge is 0.455 e. The van der Waals surface area contributed by atoms with Gasteiger partial charge < -0.3 is 25.0 Å². The molecular weight excluding hydrogens is 582 g/mol. The molecule has 1 fully saturated rings. The monoisotopic (exact) mass is 610 g/mol. The van der Waals surface area contributed by atoms with Crippen molar-refractivity contribution in [2.75, 3.05) is 13.1 Å². The van der Waals surface area contributed by atoms with Crippen LogP contribution in [0.2, 0.25) is 0 Å². The Morgan fingerprint density at radius 2 is 1.95 bits per heavy atom. The number of alkyl halides is 2. The van der Waals surface area contributed by atoms with Crippen LogP contribution in [0, 0.1) is 0 Å². The molecule has 3 atom stereocenters. The maximum absolute atomic E-state index is 13.3. The maximum Gasteiger partial charge on any atom is 0.345 e. The number of para-hydroxylation sites is 1. The first-order chi connectivity index (χ1) is 20.3. The second-order valence-corrected chi connectivity index (χ2v) is 12.2. The number of amides is 2. The number of benzene rings is 3. The molecular formula is C30H28F2N4O4S2. The van der Waals surface area contributed by atoms with Gasteiger partial charge in [0, 0.05) is 30.7 Å². The number of hydrogen-bond acceptors (Lipinski definition) is 8. The molecule has 0 bridgehead atoms. The third-order valence-electron chi connectivity index (χ3n) is 7.42. The highest BCUT2D eigenvalue weighted by atomic mass is 32.2. The Kier molecular flexibility index (Phi) is 8.38. The number of rotatable bonds is 9. The number of nitrogens with zero attached hydrogens (tertiary/aromatic N) is 2. The van der Waals surface area contributed by atoms with Gasteiger partial charge in [-0.25, -0.2) is 4.98 Å². The number of nitrogens with one attached hydrogen (secondary N) is 2. The van der Waals surface area contributed by atoms with Gasteiger partial charge in [0.2, 0.25) is 5.91 Å². The van der Waals surface area contributed by atoms with Crippen LogP contribution in [0.15, 0.2) is 76.0 Å². The van der Waals surface area contributed by atoms with E-state index in [4.69, 9.17) is 9.47 Å². The predicted octanol–water partition coefficient (Wildman–Crippen LogP) is 5.67. The fourth-order valence-electron chi connectivity index (χ4n) is 5.28. The summed E-state index contributed by atoms with van der Waals surface area (Å²) in [6.07, 6.45) is -0.543. The summed E-state index contributed by atoms with van der Waals surface area (Å²) in [5.41, 5.74) is 4.14. The average Bonchev–Trinajstić information content (AvgIpc) is 3.63. The van der Waals surface area contributed by atoms with Gasteiger partial charge in [0.1, 0.15) is 11.5 Å².